The van der Waals surface area contributed by atoms with Gasteiger partial charge in [0.25, 0.3) is 0 Å². The molecule has 3 heterocycles. The Hall–Kier alpha value is -2.18. The maximum atomic E-state index is 11.7. The van der Waals surface area contributed by atoms with Crippen LogP contribution in [-0.2, 0) is 16.9 Å². The first-order chi connectivity index (χ1) is 15.1. The fourth-order valence-electron chi connectivity index (χ4n) is 5.48. The number of carbonyl (C=O) groups excluding carboxylic acids is 1. The molecule has 1 amide bonds. The molecular weight excluding hydrogens is 412 g/mol. The highest BCUT2D eigenvalue weighted by atomic mass is 35.5. The molecule has 1 saturated heterocycles. The molecule has 31 heavy (non-hydrogen) atoms. The third-order valence-corrected chi connectivity index (χ3v) is 7.21. The van der Waals surface area contributed by atoms with Crippen molar-refractivity contribution in [3.63, 3.8) is 0 Å². The maximum absolute atomic E-state index is 11.7. The van der Waals surface area contributed by atoms with Gasteiger partial charge >= 0.3 is 0 Å². The minimum absolute atomic E-state index is 0.163. The normalized spacial score (nSPS) is 20.2. The van der Waals surface area contributed by atoms with Gasteiger partial charge in [-0.25, -0.2) is 0 Å². The van der Waals surface area contributed by atoms with Crippen molar-refractivity contribution in [2.24, 2.45) is 0 Å². The molecule has 0 bridgehead atoms. The Bertz CT molecular complexity index is 1010. The minimum atomic E-state index is -0.163. The fourth-order valence-corrected chi connectivity index (χ4v) is 5.74. The van der Waals surface area contributed by atoms with Crippen LogP contribution < -0.4 is 16.0 Å². The lowest BCUT2D eigenvalue weighted by Crippen LogP contribution is -2.48. The number of rotatable bonds is 6. The third kappa shape index (κ3) is 3.92. The highest BCUT2D eigenvalue weighted by Gasteiger charge is 2.42. The first kappa shape index (κ1) is 20.7. The van der Waals surface area contributed by atoms with Gasteiger partial charge in [-0.1, -0.05) is 37.4 Å². The molecule has 0 atom stereocenters. The Morgan fingerprint density at radius 1 is 1.23 bits per heavy atom. The second kappa shape index (κ2) is 8.40. The Labute approximate surface area is 188 Å². The summed E-state index contributed by atoms with van der Waals surface area (Å²) in [5.74, 6) is 2.01. The van der Waals surface area contributed by atoms with E-state index < -0.39 is 0 Å². The number of halogens is 1. The van der Waals surface area contributed by atoms with Crippen molar-refractivity contribution in [2.75, 3.05) is 25.0 Å². The standard InChI is InChI=1S/C24H31ClN4O2/c1-16-27-22-19(25)14-17-13-18(15-26-10-6-12-29-11-5-7-20(29)30)31-23(17)21(22)24(28-16)8-3-2-4-9-24/h13-14,26-28H,1-12,15H2. The van der Waals surface area contributed by atoms with Crippen LogP contribution in [0.4, 0.5) is 5.69 Å². The predicted molar refractivity (Wildman–Crippen MR) is 124 cm³/mol. The van der Waals surface area contributed by atoms with Crippen molar-refractivity contribution in [2.45, 2.75) is 63.5 Å². The van der Waals surface area contributed by atoms with Crippen LogP contribution in [0.15, 0.2) is 28.9 Å². The average Bonchev–Trinajstić information content (AvgIpc) is 3.34. The maximum Gasteiger partial charge on any atom is 0.222 e. The number of likely N-dealkylation sites (tertiary alicyclic amines) is 1. The quantitative estimate of drug-likeness (QED) is 0.559. The Morgan fingerprint density at radius 2 is 2.06 bits per heavy atom. The smallest absolute Gasteiger partial charge is 0.222 e. The van der Waals surface area contributed by atoms with Gasteiger partial charge in [0.05, 0.1) is 28.6 Å². The van der Waals surface area contributed by atoms with Crippen LogP contribution in [0.3, 0.4) is 0 Å². The highest BCUT2D eigenvalue weighted by Crippen LogP contribution is 2.49. The molecule has 5 rings (SSSR count). The van der Waals surface area contributed by atoms with Gasteiger partial charge in [0.2, 0.25) is 5.91 Å². The van der Waals surface area contributed by atoms with E-state index in [1.807, 2.05) is 11.0 Å². The van der Waals surface area contributed by atoms with Gasteiger partial charge in [0, 0.05) is 30.5 Å². The second-order valence-corrected chi connectivity index (χ2v) is 9.53. The van der Waals surface area contributed by atoms with Gasteiger partial charge in [-0.3, -0.25) is 4.79 Å². The summed E-state index contributed by atoms with van der Waals surface area (Å²) in [6, 6.07) is 4.09. The number of hydrogen-bond acceptors (Lipinski definition) is 5. The monoisotopic (exact) mass is 442 g/mol. The zero-order chi connectivity index (χ0) is 21.4. The third-order valence-electron chi connectivity index (χ3n) is 6.91. The average molecular weight is 443 g/mol. The highest BCUT2D eigenvalue weighted by molar-refractivity contribution is 6.34. The fraction of sp³-hybridized carbons (Fsp3) is 0.542. The number of furan rings is 1. The molecule has 1 aromatic carbocycles. The van der Waals surface area contributed by atoms with Gasteiger partial charge in [0.15, 0.2) is 0 Å². The number of nitrogens with one attached hydrogen (secondary N) is 3. The molecule has 2 fully saturated rings. The molecule has 7 heteroatoms. The second-order valence-electron chi connectivity index (χ2n) is 9.13. The lowest BCUT2D eigenvalue weighted by Gasteiger charge is -2.44. The van der Waals surface area contributed by atoms with E-state index in [1.54, 1.807) is 0 Å². The zero-order valence-corrected chi connectivity index (χ0v) is 18.7. The van der Waals surface area contributed by atoms with Gasteiger partial charge in [-0.05, 0) is 44.4 Å². The molecule has 0 radical (unpaired) electrons. The summed E-state index contributed by atoms with van der Waals surface area (Å²) >= 11 is 6.70. The van der Waals surface area contributed by atoms with E-state index in [0.29, 0.717) is 23.9 Å². The van der Waals surface area contributed by atoms with Crippen LogP contribution in [0.5, 0.6) is 0 Å². The molecule has 2 aliphatic heterocycles. The van der Waals surface area contributed by atoms with Crippen LogP contribution in [0, 0.1) is 0 Å². The van der Waals surface area contributed by atoms with Crippen LogP contribution in [-0.4, -0.2) is 30.4 Å². The number of amides is 1. The van der Waals surface area contributed by atoms with E-state index in [0.717, 1.165) is 79.1 Å². The van der Waals surface area contributed by atoms with E-state index in [2.05, 4.69) is 28.6 Å². The van der Waals surface area contributed by atoms with Gasteiger partial charge in [0.1, 0.15) is 11.3 Å². The van der Waals surface area contributed by atoms with E-state index in [9.17, 15) is 4.79 Å². The predicted octanol–water partition coefficient (Wildman–Crippen LogP) is 4.83. The summed E-state index contributed by atoms with van der Waals surface area (Å²) < 4.78 is 6.39. The topological polar surface area (TPSA) is 69.5 Å². The van der Waals surface area contributed by atoms with Crippen molar-refractivity contribution in [3.05, 3.63) is 40.9 Å². The first-order valence-electron chi connectivity index (χ1n) is 11.5. The summed E-state index contributed by atoms with van der Waals surface area (Å²) in [6.07, 6.45) is 8.39. The zero-order valence-electron chi connectivity index (χ0n) is 18.0. The van der Waals surface area contributed by atoms with Gasteiger partial charge < -0.3 is 25.3 Å². The molecule has 0 unspecified atom stereocenters. The van der Waals surface area contributed by atoms with Crippen LogP contribution in [0.2, 0.25) is 5.02 Å². The lowest BCUT2D eigenvalue weighted by atomic mass is 9.74. The van der Waals surface area contributed by atoms with Crippen molar-refractivity contribution in [1.82, 2.24) is 15.5 Å². The van der Waals surface area contributed by atoms with E-state index in [4.69, 9.17) is 16.0 Å². The summed E-state index contributed by atoms with van der Waals surface area (Å²) in [5.41, 5.74) is 2.85. The summed E-state index contributed by atoms with van der Waals surface area (Å²) in [5, 5.41) is 12.2. The van der Waals surface area contributed by atoms with Crippen LogP contribution >= 0.6 is 11.6 Å². The number of nitrogens with zero attached hydrogens (tertiary/aromatic N) is 1. The number of fused-ring (bicyclic) bond motifs is 4. The van der Waals surface area contributed by atoms with Crippen molar-refractivity contribution >= 4 is 34.2 Å². The van der Waals surface area contributed by atoms with Crippen LogP contribution in [0.25, 0.3) is 11.0 Å². The van der Waals surface area contributed by atoms with Crippen molar-refractivity contribution in [3.8, 4) is 0 Å². The largest absolute Gasteiger partial charge is 0.459 e. The molecule has 166 valence electrons. The van der Waals surface area contributed by atoms with Gasteiger partial charge in [-0.15, -0.1) is 0 Å². The Balaban J connectivity index is 1.33. The molecule has 1 spiro atoms. The number of carbonyl (C=O) groups is 1. The first-order valence-corrected chi connectivity index (χ1v) is 11.9. The van der Waals surface area contributed by atoms with Crippen molar-refractivity contribution in [1.29, 1.82) is 0 Å². The summed E-state index contributed by atoms with van der Waals surface area (Å²) in [4.78, 5) is 13.7. The molecule has 1 aromatic heterocycles. The summed E-state index contributed by atoms with van der Waals surface area (Å²) in [6.45, 7) is 7.39. The Morgan fingerprint density at radius 3 is 2.84 bits per heavy atom. The molecular formula is C24H31ClN4O2. The molecule has 2 aromatic rings. The lowest BCUT2D eigenvalue weighted by molar-refractivity contribution is -0.127. The molecule has 6 nitrogen and oxygen atoms in total. The SMILES string of the molecule is C=C1Nc2c(Cl)cc3cc(CNCCCN4CCCC4=O)oc3c2C2(CCCCC2)N1. The number of benzene rings is 1. The summed E-state index contributed by atoms with van der Waals surface area (Å²) in [7, 11) is 0. The van der Waals surface area contributed by atoms with E-state index in [-0.39, 0.29) is 5.54 Å². The van der Waals surface area contributed by atoms with Crippen LogP contribution in [0.1, 0.15) is 62.7 Å². The molecule has 3 aliphatic rings. The van der Waals surface area contributed by atoms with Gasteiger partial charge in [-0.2, -0.15) is 0 Å². The van der Waals surface area contributed by atoms with E-state index in [1.165, 1.54) is 19.3 Å². The Kier molecular flexibility index (Phi) is 5.61. The molecule has 1 aliphatic carbocycles. The minimum Gasteiger partial charge on any atom is -0.459 e. The molecule has 1 saturated carbocycles. The van der Waals surface area contributed by atoms with Crippen molar-refractivity contribution < 1.29 is 9.21 Å². The number of anilines is 1. The van der Waals surface area contributed by atoms with E-state index >= 15 is 0 Å². The molecule has 3 N–H and O–H groups in total. The number of hydrogen-bond donors (Lipinski definition) is 3.